The van der Waals surface area contributed by atoms with Crippen LogP contribution in [0.5, 0.6) is 0 Å². The number of aryl methyl sites for hydroxylation is 1. The van der Waals surface area contributed by atoms with Crippen LogP contribution in [-0.2, 0) is 27.3 Å². The van der Waals surface area contributed by atoms with Crippen molar-refractivity contribution in [1.82, 2.24) is 15.1 Å². The van der Waals surface area contributed by atoms with Crippen LogP contribution in [-0.4, -0.2) is 58.3 Å². The van der Waals surface area contributed by atoms with Gasteiger partial charge in [0.15, 0.2) is 0 Å². The number of benzene rings is 1. The van der Waals surface area contributed by atoms with Crippen molar-refractivity contribution in [2.24, 2.45) is 5.92 Å². The lowest BCUT2D eigenvalue weighted by atomic mass is 9.91. The predicted octanol–water partition coefficient (Wildman–Crippen LogP) is 3.81. The molecule has 2 saturated heterocycles. The van der Waals surface area contributed by atoms with Gasteiger partial charge in [0, 0.05) is 31.6 Å². The highest BCUT2D eigenvalue weighted by Gasteiger charge is 2.39. The van der Waals surface area contributed by atoms with E-state index in [9.17, 15) is 19.2 Å². The molecule has 3 heterocycles. The van der Waals surface area contributed by atoms with E-state index < -0.39 is 11.6 Å². The summed E-state index contributed by atoms with van der Waals surface area (Å²) >= 11 is 0. The number of nitrogens with zero attached hydrogens (tertiary/aromatic N) is 2. The first kappa shape index (κ1) is 25.2. The van der Waals surface area contributed by atoms with Crippen molar-refractivity contribution in [3.05, 3.63) is 34.9 Å². The summed E-state index contributed by atoms with van der Waals surface area (Å²) < 4.78 is 5.48. The molecule has 2 fully saturated rings. The molecule has 35 heavy (non-hydrogen) atoms. The minimum Gasteiger partial charge on any atom is -0.444 e. The zero-order valence-corrected chi connectivity index (χ0v) is 21.1. The summed E-state index contributed by atoms with van der Waals surface area (Å²) in [4.78, 5) is 52.1. The van der Waals surface area contributed by atoms with Gasteiger partial charge in [-0.25, -0.2) is 4.79 Å². The molecule has 3 aliphatic heterocycles. The van der Waals surface area contributed by atoms with Crippen molar-refractivity contribution in [2.45, 2.75) is 90.3 Å². The van der Waals surface area contributed by atoms with Gasteiger partial charge in [0.05, 0.1) is 0 Å². The molecule has 0 bridgehead atoms. The Balaban J connectivity index is 1.20. The van der Waals surface area contributed by atoms with Gasteiger partial charge in [0.25, 0.3) is 5.91 Å². The van der Waals surface area contributed by atoms with E-state index in [2.05, 4.69) is 11.4 Å². The van der Waals surface area contributed by atoms with Crippen LogP contribution >= 0.6 is 0 Å². The molecular weight excluding hydrogens is 446 g/mol. The van der Waals surface area contributed by atoms with E-state index in [1.54, 1.807) is 4.90 Å². The van der Waals surface area contributed by atoms with Crippen LogP contribution in [0.3, 0.4) is 0 Å². The number of carbonyl (C=O) groups is 4. The first-order chi connectivity index (χ1) is 16.6. The number of rotatable bonds is 6. The van der Waals surface area contributed by atoms with Crippen molar-refractivity contribution in [2.75, 3.05) is 13.1 Å². The van der Waals surface area contributed by atoms with Gasteiger partial charge in [-0.15, -0.1) is 0 Å². The van der Waals surface area contributed by atoms with Gasteiger partial charge in [-0.2, -0.15) is 0 Å². The second-order valence-corrected chi connectivity index (χ2v) is 11.0. The zero-order chi connectivity index (χ0) is 25.2. The minimum absolute atomic E-state index is 0.126. The molecule has 4 amide bonds. The number of hydrogen-bond acceptors (Lipinski definition) is 5. The molecule has 1 atom stereocenters. The number of nitrogens with one attached hydrogen (secondary N) is 1. The minimum atomic E-state index is -0.571. The Morgan fingerprint density at radius 1 is 1.09 bits per heavy atom. The molecule has 8 heteroatoms. The molecule has 0 aromatic heterocycles. The Hall–Kier alpha value is -2.90. The normalized spacial score (nSPS) is 21.2. The number of carbonyl (C=O) groups excluding carboxylic acids is 4. The van der Waals surface area contributed by atoms with E-state index in [1.165, 1.54) is 5.56 Å². The number of likely N-dealkylation sites (tertiary alicyclic amines) is 1. The molecule has 4 rings (SSSR count). The summed E-state index contributed by atoms with van der Waals surface area (Å²) in [5.41, 5.74) is 2.38. The van der Waals surface area contributed by atoms with Crippen molar-refractivity contribution in [3.63, 3.8) is 0 Å². The van der Waals surface area contributed by atoms with Gasteiger partial charge in [-0.05, 0) is 76.0 Å². The Labute approximate surface area is 207 Å². The number of amides is 4. The Morgan fingerprint density at radius 3 is 2.51 bits per heavy atom. The lowest BCUT2D eigenvalue weighted by Gasteiger charge is -2.33. The topological polar surface area (TPSA) is 96.0 Å². The standard InChI is InChI=1S/C27H37N3O5/c1-27(2,3)35-26(34)29-14-12-18(13-15-29)6-4-5-7-19-8-9-21-20(16-19)17-30(25(21)33)22-10-11-23(31)28-24(22)32/h8-9,16,18,22H,4-7,10-15,17H2,1-3H3,(H,28,31,32). The fourth-order valence-corrected chi connectivity index (χ4v) is 5.28. The van der Waals surface area contributed by atoms with Crippen LogP contribution in [0.15, 0.2) is 18.2 Å². The van der Waals surface area contributed by atoms with Crippen molar-refractivity contribution in [3.8, 4) is 0 Å². The van der Waals surface area contributed by atoms with Crippen molar-refractivity contribution in [1.29, 1.82) is 0 Å². The van der Waals surface area contributed by atoms with E-state index in [1.807, 2.05) is 37.8 Å². The van der Waals surface area contributed by atoms with Gasteiger partial charge in [-0.1, -0.05) is 25.0 Å². The molecule has 0 saturated carbocycles. The number of hydrogen-bond donors (Lipinski definition) is 1. The predicted molar refractivity (Wildman–Crippen MR) is 131 cm³/mol. The van der Waals surface area contributed by atoms with Crippen LogP contribution in [0.2, 0.25) is 0 Å². The highest BCUT2D eigenvalue weighted by molar-refractivity contribution is 6.05. The van der Waals surface area contributed by atoms with Gasteiger partial charge in [-0.3, -0.25) is 19.7 Å². The monoisotopic (exact) mass is 483 g/mol. The fourth-order valence-electron chi connectivity index (χ4n) is 5.28. The zero-order valence-electron chi connectivity index (χ0n) is 21.1. The largest absolute Gasteiger partial charge is 0.444 e. The maximum Gasteiger partial charge on any atom is 0.410 e. The molecule has 1 aromatic carbocycles. The smallest absolute Gasteiger partial charge is 0.410 e. The second-order valence-electron chi connectivity index (χ2n) is 11.0. The highest BCUT2D eigenvalue weighted by Crippen LogP contribution is 2.29. The number of ether oxygens (including phenoxy) is 1. The third-order valence-corrected chi connectivity index (χ3v) is 7.18. The molecule has 3 aliphatic rings. The quantitative estimate of drug-likeness (QED) is 0.490. The van der Waals surface area contributed by atoms with E-state index in [4.69, 9.17) is 4.74 Å². The lowest BCUT2D eigenvalue weighted by molar-refractivity contribution is -0.136. The van der Waals surface area contributed by atoms with Crippen LogP contribution in [0.25, 0.3) is 0 Å². The third kappa shape index (κ3) is 6.21. The van der Waals surface area contributed by atoms with Crippen LogP contribution in [0.1, 0.15) is 87.2 Å². The molecule has 0 radical (unpaired) electrons. The maximum atomic E-state index is 12.8. The summed E-state index contributed by atoms with van der Waals surface area (Å²) in [6, 6.07) is 5.42. The van der Waals surface area contributed by atoms with E-state index in [0.717, 1.165) is 57.2 Å². The van der Waals surface area contributed by atoms with E-state index in [0.29, 0.717) is 24.4 Å². The summed E-state index contributed by atoms with van der Waals surface area (Å²) in [7, 11) is 0. The number of fused-ring (bicyclic) bond motifs is 1. The lowest BCUT2D eigenvalue weighted by Crippen LogP contribution is -2.52. The SMILES string of the molecule is CC(C)(C)OC(=O)N1CCC(CCCCc2ccc3c(c2)CN(C2CCC(=O)NC2=O)C3=O)CC1. The number of piperidine rings is 2. The first-order valence-electron chi connectivity index (χ1n) is 12.8. The third-order valence-electron chi connectivity index (χ3n) is 7.18. The molecule has 1 N–H and O–H groups in total. The summed E-state index contributed by atoms with van der Waals surface area (Å²) in [6.45, 7) is 7.63. The fraction of sp³-hybridized carbons (Fsp3) is 0.630. The van der Waals surface area contributed by atoms with Crippen LogP contribution in [0.4, 0.5) is 4.79 Å². The summed E-state index contributed by atoms with van der Waals surface area (Å²) in [5.74, 6) is -0.127. The Morgan fingerprint density at radius 2 is 1.83 bits per heavy atom. The van der Waals surface area contributed by atoms with E-state index >= 15 is 0 Å². The average Bonchev–Trinajstić information content (AvgIpc) is 3.11. The Kier molecular flexibility index (Phi) is 7.47. The molecule has 0 aliphatic carbocycles. The average molecular weight is 484 g/mol. The van der Waals surface area contributed by atoms with Gasteiger partial charge < -0.3 is 14.5 Å². The molecule has 1 aromatic rings. The molecule has 0 spiro atoms. The molecular formula is C27H37N3O5. The van der Waals surface area contributed by atoms with Gasteiger partial charge >= 0.3 is 6.09 Å². The number of imide groups is 1. The molecule has 190 valence electrons. The highest BCUT2D eigenvalue weighted by atomic mass is 16.6. The van der Waals surface area contributed by atoms with Crippen LogP contribution < -0.4 is 5.32 Å². The first-order valence-corrected chi connectivity index (χ1v) is 12.8. The van der Waals surface area contributed by atoms with Crippen molar-refractivity contribution < 1.29 is 23.9 Å². The molecule has 8 nitrogen and oxygen atoms in total. The number of unbranched alkanes of at least 4 members (excludes halogenated alkanes) is 1. The van der Waals surface area contributed by atoms with E-state index in [-0.39, 0.29) is 30.2 Å². The van der Waals surface area contributed by atoms with Gasteiger partial charge in [0.2, 0.25) is 11.8 Å². The Bertz CT molecular complexity index is 991. The molecule has 1 unspecified atom stereocenters. The van der Waals surface area contributed by atoms with Crippen molar-refractivity contribution >= 4 is 23.8 Å². The maximum absolute atomic E-state index is 12.8. The second kappa shape index (κ2) is 10.4. The van der Waals surface area contributed by atoms with Crippen LogP contribution in [0, 0.1) is 5.92 Å². The van der Waals surface area contributed by atoms with Gasteiger partial charge in [0.1, 0.15) is 11.6 Å². The summed E-state index contributed by atoms with van der Waals surface area (Å²) in [5, 5.41) is 2.35. The summed E-state index contributed by atoms with van der Waals surface area (Å²) in [6.07, 6.45) is 6.82.